The maximum atomic E-state index is 14.1. The molecule has 1 N–H and O–H groups in total. The molecule has 0 aliphatic carbocycles. The molecule has 36 heavy (non-hydrogen) atoms. The number of thioether (sulfide) groups is 1. The van der Waals surface area contributed by atoms with Gasteiger partial charge in [0, 0.05) is 54.7 Å². The summed E-state index contributed by atoms with van der Waals surface area (Å²) in [6.45, 7) is 9.42. The summed E-state index contributed by atoms with van der Waals surface area (Å²) in [5.74, 6) is 0.894. The molecule has 0 saturated carbocycles. The van der Waals surface area contributed by atoms with Crippen LogP contribution in [0.4, 0.5) is 15.0 Å². The number of hydrogen-bond acceptors (Lipinski definition) is 6. The van der Waals surface area contributed by atoms with Gasteiger partial charge in [0.2, 0.25) is 5.91 Å². The Labute approximate surface area is 219 Å². The number of anilines is 1. The van der Waals surface area contributed by atoms with Gasteiger partial charge in [-0.2, -0.15) is 0 Å². The minimum Gasteiger partial charge on any atom is -0.465 e. The molecule has 2 aliphatic heterocycles. The normalized spacial score (nSPS) is 18.7. The lowest BCUT2D eigenvalue weighted by molar-refractivity contribution is -0.138. The van der Waals surface area contributed by atoms with Crippen LogP contribution in [-0.2, 0) is 17.0 Å². The van der Waals surface area contributed by atoms with E-state index in [2.05, 4.69) is 21.8 Å². The van der Waals surface area contributed by atoms with Gasteiger partial charge in [-0.25, -0.2) is 19.2 Å². The Balaban J connectivity index is 1.55. The van der Waals surface area contributed by atoms with Crippen LogP contribution >= 0.6 is 23.4 Å². The Morgan fingerprint density at radius 3 is 2.56 bits per heavy atom. The number of benzene rings is 1. The van der Waals surface area contributed by atoms with Crippen LogP contribution < -0.4 is 4.90 Å². The minimum atomic E-state index is -1.20. The summed E-state index contributed by atoms with van der Waals surface area (Å²) in [4.78, 5) is 40.1. The zero-order chi connectivity index (χ0) is 26.2. The van der Waals surface area contributed by atoms with Crippen molar-refractivity contribution in [1.29, 1.82) is 0 Å². The first-order chi connectivity index (χ1) is 17.0. The highest BCUT2D eigenvalue weighted by molar-refractivity contribution is 7.99. The lowest BCUT2D eigenvalue weighted by atomic mass is 9.97. The predicted octanol–water partition coefficient (Wildman–Crippen LogP) is 4.62. The third-order valence-corrected chi connectivity index (χ3v) is 8.13. The van der Waals surface area contributed by atoms with Crippen molar-refractivity contribution in [3.63, 3.8) is 0 Å². The molecule has 3 heterocycles. The quantitative estimate of drug-likeness (QED) is 0.597. The van der Waals surface area contributed by atoms with E-state index in [1.807, 2.05) is 11.8 Å². The Kier molecular flexibility index (Phi) is 7.66. The molecule has 2 aromatic rings. The van der Waals surface area contributed by atoms with Gasteiger partial charge in [0.05, 0.1) is 10.7 Å². The van der Waals surface area contributed by atoms with Crippen molar-refractivity contribution in [2.24, 2.45) is 0 Å². The lowest BCUT2D eigenvalue weighted by Gasteiger charge is -2.43. The molecule has 4 rings (SSSR count). The molecule has 0 bridgehead atoms. The molecule has 2 aliphatic rings. The molecule has 8 nitrogen and oxygen atoms in total. The van der Waals surface area contributed by atoms with E-state index in [4.69, 9.17) is 11.6 Å². The van der Waals surface area contributed by atoms with Gasteiger partial charge in [-0.05, 0) is 45.4 Å². The van der Waals surface area contributed by atoms with E-state index in [1.54, 1.807) is 38.1 Å². The first-order valence-corrected chi connectivity index (χ1v) is 13.4. The van der Waals surface area contributed by atoms with Gasteiger partial charge in [0.15, 0.2) is 0 Å². The van der Waals surface area contributed by atoms with E-state index < -0.39 is 23.5 Å². The van der Waals surface area contributed by atoms with Crippen molar-refractivity contribution < 1.29 is 19.1 Å². The molecule has 1 aromatic carbocycles. The second-order valence-corrected chi connectivity index (χ2v) is 11.9. The van der Waals surface area contributed by atoms with Crippen LogP contribution in [-0.4, -0.2) is 74.6 Å². The van der Waals surface area contributed by atoms with Crippen LogP contribution in [0.3, 0.4) is 0 Å². The van der Waals surface area contributed by atoms with E-state index in [-0.39, 0.29) is 17.4 Å². The van der Waals surface area contributed by atoms with Crippen molar-refractivity contribution >= 4 is 41.2 Å². The average molecular weight is 536 g/mol. The van der Waals surface area contributed by atoms with Crippen LogP contribution in [0.25, 0.3) is 0 Å². The Bertz CT molecular complexity index is 1150. The number of carbonyl (C=O) groups excluding carboxylic acids is 1. The maximum absolute atomic E-state index is 14.1. The van der Waals surface area contributed by atoms with Gasteiger partial charge < -0.3 is 14.9 Å². The number of carbonyl (C=O) groups is 2. The number of carboxylic acid groups (broad SMARTS) is 1. The fourth-order valence-corrected chi connectivity index (χ4v) is 6.07. The van der Waals surface area contributed by atoms with E-state index in [0.29, 0.717) is 37.0 Å². The SMILES string of the molecule is C[C@H]1SCc2ncnc(N3CCN(C(=O)[C@@H](Cc4ccc(Cl)c(F)c4)N(C(=O)O)C(C)(C)C)CC3)c21. The monoisotopic (exact) mass is 535 g/mol. The third kappa shape index (κ3) is 5.39. The lowest BCUT2D eigenvalue weighted by Crippen LogP contribution is -2.60. The summed E-state index contributed by atoms with van der Waals surface area (Å²) in [6.07, 6.45) is 0.446. The van der Waals surface area contributed by atoms with Crippen molar-refractivity contribution in [3.8, 4) is 0 Å². The number of rotatable bonds is 5. The highest BCUT2D eigenvalue weighted by Gasteiger charge is 2.40. The minimum absolute atomic E-state index is 0.0208. The van der Waals surface area contributed by atoms with Crippen LogP contribution in [0, 0.1) is 5.82 Å². The highest BCUT2D eigenvalue weighted by atomic mass is 35.5. The topological polar surface area (TPSA) is 89.9 Å². The zero-order valence-electron chi connectivity index (χ0n) is 20.9. The fraction of sp³-hybridized carbons (Fsp3) is 0.520. The van der Waals surface area contributed by atoms with E-state index in [9.17, 15) is 19.1 Å². The van der Waals surface area contributed by atoms with Crippen LogP contribution in [0.2, 0.25) is 5.02 Å². The Hall–Kier alpha value is -2.59. The largest absolute Gasteiger partial charge is 0.465 e. The average Bonchev–Trinajstić information content (AvgIpc) is 3.20. The molecule has 0 radical (unpaired) electrons. The van der Waals surface area contributed by atoms with Gasteiger partial charge in [0.1, 0.15) is 24.0 Å². The Morgan fingerprint density at radius 2 is 1.94 bits per heavy atom. The summed E-state index contributed by atoms with van der Waals surface area (Å²) in [7, 11) is 0. The van der Waals surface area contributed by atoms with Gasteiger partial charge in [-0.15, -0.1) is 11.8 Å². The smallest absolute Gasteiger partial charge is 0.408 e. The van der Waals surface area contributed by atoms with Gasteiger partial charge >= 0.3 is 6.09 Å². The number of fused-ring (bicyclic) bond motifs is 1. The zero-order valence-corrected chi connectivity index (χ0v) is 22.4. The highest BCUT2D eigenvalue weighted by Crippen LogP contribution is 2.44. The van der Waals surface area contributed by atoms with Crippen LogP contribution in [0.1, 0.15) is 49.8 Å². The summed E-state index contributed by atoms with van der Waals surface area (Å²) >= 11 is 7.66. The molecule has 1 saturated heterocycles. The molecule has 2 atom stereocenters. The summed E-state index contributed by atoms with van der Waals surface area (Å²) in [6, 6.07) is 3.31. The number of halogens is 2. The second kappa shape index (κ2) is 10.4. The fourth-order valence-electron chi connectivity index (χ4n) is 4.91. The standard InChI is InChI=1S/C25H31ClFN5O3S/c1-15-21-19(13-36-15)28-14-29-22(21)30-7-9-31(10-8-30)23(33)20(32(24(34)35)25(2,3)4)12-16-5-6-17(26)18(27)11-16/h5-6,11,14-15,20H,7-10,12-13H2,1-4H3,(H,34,35)/t15-,20-/m1/s1. The summed E-state index contributed by atoms with van der Waals surface area (Å²) in [5, 5.41) is 10.3. The maximum Gasteiger partial charge on any atom is 0.408 e. The number of nitrogens with zero attached hydrogens (tertiary/aromatic N) is 5. The summed E-state index contributed by atoms with van der Waals surface area (Å²) < 4.78 is 14.1. The predicted molar refractivity (Wildman–Crippen MR) is 139 cm³/mol. The molecule has 11 heteroatoms. The molecule has 1 fully saturated rings. The molecule has 194 valence electrons. The van der Waals surface area contributed by atoms with E-state index in [1.165, 1.54) is 17.0 Å². The second-order valence-electron chi connectivity index (χ2n) is 10.1. The molecule has 0 unspecified atom stereocenters. The van der Waals surface area contributed by atoms with Crippen molar-refractivity contribution in [3.05, 3.63) is 52.2 Å². The number of amides is 2. The number of aromatic nitrogens is 2. The van der Waals surface area contributed by atoms with Crippen LogP contribution in [0.15, 0.2) is 24.5 Å². The van der Waals surface area contributed by atoms with Gasteiger partial charge in [-0.3, -0.25) is 9.69 Å². The Morgan fingerprint density at radius 1 is 1.25 bits per heavy atom. The van der Waals surface area contributed by atoms with Crippen molar-refractivity contribution in [1.82, 2.24) is 19.8 Å². The molecular formula is C25H31ClFN5O3S. The molecule has 0 spiro atoms. The van der Waals surface area contributed by atoms with Crippen molar-refractivity contribution in [2.75, 3.05) is 31.1 Å². The molecule has 1 aromatic heterocycles. The summed E-state index contributed by atoms with van der Waals surface area (Å²) in [5.41, 5.74) is 1.89. The van der Waals surface area contributed by atoms with E-state index >= 15 is 0 Å². The van der Waals surface area contributed by atoms with Crippen LogP contribution in [0.5, 0.6) is 0 Å². The first-order valence-electron chi connectivity index (χ1n) is 11.9. The van der Waals surface area contributed by atoms with Gasteiger partial charge in [-0.1, -0.05) is 17.7 Å². The molecule has 2 amide bonds. The third-order valence-electron chi connectivity index (χ3n) is 6.65. The van der Waals surface area contributed by atoms with E-state index in [0.717, 1.165) is 22.8 Å². The first kappa shape index (κ1) is 26.5. The van der Waals surface area contributed by atoms with Gasteiger partial charge in [0.25, 0.3) is 0 Å². The molecular weight excluding hydrogens is 505 g/mol. The number of hydrogen-bond donors (Lipinski definition) is 1. The van der Waals surface area contributed by atoms with Crippen molar-refractivity contribution in [2.45, 2.75) is 56.7 Å². The number of piperazine rings is 1.